The van der Waals surface area contributed by atoms with E-state index in [1.807, 2.05) is 0 Å². The Labute approximate surface area is 85.3 Å². The first-order valence-electron chi connectivity index (χ1n) is 4.30. The van der Waals surface area contributed by atoms with Gasteiger partial charge in [0, 0.05) is 12.1 Å². The van der Waals surface area contributed by atoms with Crippen LogP contribution in [0.25, 0.3) is 5.69 Å². The van der Waals surface area contributed by atoms with Gasteiger partial charge in [-0.3, -0.25) is 10.1 Å². The molecule has 6 nitrogen and oxygen atoms in total. The van der Waals surface area contributed by atoms with Gasteiger partial charge in [0.1, 0.15) is 0 Å². The first-order valence-corrected chi connectivity index (χ1v) is 4.30. The zero-order valence-corrected chi connectivity index (χ0v) is 7.99. The second kappa shape index (κ2) is 3.49. The second-order valence-electron chi connectivity index (χ2n) is 3.08. The quantitative estimate of drug-likeness (QED) is 0.548. The zero-order valence-electron chi connectivity index (χ0n) is 7.99. The van der Waals surface area contributed by atoms with Crippen molar-refractivity contribution in [3.8, 4) is 5.69 Å². The first-order chi connectivity index (χ1) is 7.16. The minimum atomic E-state index is -0.437. The molecule has 0 spiro atoms. The van der Waals surface area contributed by atoms with Crippen molar-refractivity contribution in [2.75, 3.05) is 0 Å². The van der Waals surface area contributed by atoms with Gasteiger partial charge in [-0.05, 0) is 13.0 Å². The maximum atomic E-state index is 10.5. The van der Waals surface area contributed by atoms with E-state index in [1.54, 1.807) is 25.3 Å². The molecule has 1 aromatic heterocycles. The largest absolute Gasteiger partial charge is 0.271 e. The molecule has 0 aliphatic heterocycles. The Morgan fingerprint density at radius 2 is 2.27 bits per heavy atom. The highest BCUT2D eigenvalue weighted by Gasteiger charge is 2.07. The van der Waals surface area contributed by atoms with Gasteiger partial charge in [-0.25, -0.2) is 4.68 Å². The number of benzene rings is 1. The Bertz CT molecular complexity index is 506. The lowest BCUT2D eigenvalue weighted by molar-refractivity contribution is -0.384. The number of nitrogens with zero attached hydrogens (tertiary/aromatic N) is 4. The highest BCUT2D eigenvalue weighted by Crippen LogP contribution is 2.15. The molecule has 0 bridgehead atoms. The summed E-state index contributed by atoms with van der Waals surface area (Å²) < 4.78 is 1.50. The predicted octanol–water partition coefficient (Wildman–Crippen LogP) is 1.48. The summed E-state index contributed by atoms with van der Waals surface area (Å²) in [5.74, 6) is 0. The standard InChI is InChI=1S/C9H8N4O2/c1-7-6-12(11-10-7)8-3-2-4-9(5-8)13(14)15/h2-6H,1H3. The summed E-state index contributed by atoms with van der Waals surface area (Å²) in [6.45, 7) is 1.81. The van der Waals surface area contributed by atoms with E-state index >= 15 is 0 Å². The van der Waals surface area contributed by atoms with Crippen molar-refractivity contribution in [2.24, 2.45) is 0 Å². The van der Waals surface area contributed by atoms with Crippen LogP contribution in [0.3, 0.4) is 0 Å². The topological polar surface area (TPSA) is 73.8 Å². The summed E-state index contributed by atoms with van der Waals surface area (Å²) in [5.41, 5.74) is 1.44. The van der Waals surface area contributed by atoms with Crippen LogP contribution in [0.15, 0.2) is 30.5 Å². The number of rotatable bonds is 2. The number of aryl methyl sites for hydroxylation is 1. The molecule has 0 N–H and O–H groups in total. The van der Waals surface area contributed by atoms with Gasteiger partial charge in [0.25, 0.3) is 5.69 Å². The molecule has 2 rings (SSSR count). The molecule has 0 aliphatic rings. The van der Waals surface area contributed by atoms with Crippen LogP contribution in [0.5, 0.6) is 0 Å². The number of hydrogen-bond acceptors (Lipinski definition) is 4. The van der Waals surface area contributed by atoms with Gasteiger partial charge in [-0.2, -0.15) is 0 Å². The monoisotopic (exact) mass is 204 g/mol. The number of hydrogen-bond donors (Lipinski definition) is 0. The lowest BCUT2D eigenvalue weighted by atomic mass is 10.3. The van der Waals surface area contributed by atoms with Gasteiger partial charge in [-0.1, -0.05) is 11.3 Å². The smallest absolute Gasteiger partial charge is 0.258 e. The fraction of sp³-hybridized carbons (Fsp3) is 0.111. The fourth-order valence-electron chi connectivity index (χ4n) is 1.22. The third kappa shape index (κ3) is 1.83. The van der Waals surface area contributed by atoms with E-state index in [0.717, 1.165) is 5.69 Å². The molecule has 0 amide bonds. The van der Waals surface area contributed by atoms with Gasteiger partial charge in [0.05, 0.1) is 22.5 Å². The molecule has 0 aliphatic carbocycles. The van der Waals surface area contributed by atoms with Crippen LogP contribution in [0.4, 0.5) is 5.69 Å². The lowest BCUT2D eigenvalue weighted by Crippen LogP contribution is -1.96. The van der Waals surface area contributed by atoms with Crippen LogP contribution in [0.2, 0.25) is 0 Å². The van der Waals surface area contributed by atoms with Crippen LogP contribution in [0, 0.1) is 17.0 Å². The molecule has 1 heterocycles. The Balaban J connectivity index is 2.45. The minimum Gasteiger partial charge on any atom is -0.258 e. The van der Waals surface area contributed by atoms with Gasteiger partial charge in [0.2, 0.25) is 0 Å². The zero-order chi connectivity index (χ0) is 10.8. The van der Waals surface area contributed by atoms with Gasteiger partial charge >= 0.3 is 0 Å². The van der Waals surface area contributed by atoms with Crippen molar-refractivity contribution >= 4 is 5.69 Å². The average Bonchev–Trinajstić information content (AvgIpc) is 2.65. The Hall–Kier alpha value is -2.24. The van der Waals surface area contributed by atoms with Crippen molar-refractivity contribution in [1.82, 2.24) is 15.0 Å². The summed E-state index contributed by atoms with van der Waals surface area (Å²) in [7, 11) is 0. The third-order valence-corrected chi connectivity index (χ3v) is 1.91. The van der Waals surface area contributed by atoms with E-state index in [-0.39, 0.29) is 5.69 Å². The highest BCUT2D eigenvalue weighted by atomic mass is 16.6. The van der Waals surface area contributed by atoms with Crippen molar-refractivity contribution in [1.29, 1.82) is 0 Å². The highest BCUT2D eigenvalue weighted by molar-refractivity contribution is 5.42. The summed E-state index contributed by atoms with van der Waals surface area (Å²) in [6, 6.07) is 6.24. The molecule has 0 radical (unpaired) electrons. The molecule has 1 aromatic carbocycles. The maximum Gasteiger partial charge on any atom is 0.271 e. The SMILES string of the molecule is Cc1cn(-c2cccc([N+](=O)[O-])c2)nn1. The molecular weight excluding hydrogens is 196 g/mol. The van der Waals surface area contributed by atoms with Crippen LogP contribution in [-0.2, 0) is 0 Å². The fourth-order valence-corrected chi connectivity index (χ4v) is 1.22. The molecule has 0 unspecified atom stereocenters. The van der Waals surface area contributed by atoms with Gasteiger partial charge in [0.15, 0.2) is 0 Å². The summed E-state index contributed by atoms with van der Waals surface area (Å²) >= 11 is 0. The maximum absolute atomic E-state index is 10.5. The van der Waals surface area contributed by atoms with Crippen LogP contribution >= 0.6 is 0 Å². The van der Waals surface area contributed by atoms with Gasteiger partial charge < -0.3 is 0 Å². The van der Waals surface area contributed by atoms with Crippen molar-refractivity contribution in [2.45, 2.75) is 6.92 Å². The molecule has 2 aromatic rings. The average molecular weight is 204 g/mol. The molecule has 15 heavy (non-hydrogen) atoms. The Morgan fingerprint density at radius 3 is 2.87 bits per heavy atom. The normalized spacial score (nSPS) is 10.2. The van der Waals surface area contributed by atoms with E-state index in [0.29, 0.717) is 5.69 Å². The van der Waals surface area contributed by atoms with E-state index in [9.17, 15) is 10.1 Å². The Kier molecular flexibility index (Phi) is 2.17. The predicted molar refractivity (Wildman–Crippen MR) is 52.8 cm³/mol. The molecular formula is C9H8N4O2. The number of non-ortho nitro benzene ring substituents is 1. The van der Waals surface area contributed by atoms with Crippen LogP contribution in [-0.4, -0.2) is 19.9 Å². The molecule has 0 atom stereocenters. The molecule has 0 saturated carbocycles. The van der Waals surface area contributed by atoms with Gasteiger partial charge in [-0.15, -0.1) is 5.10 Å². The molecule has 6 heteroatoms. The number of nitro benzene ring substituents is 1. The van der Waals surface area contributed by atoms with E-state index in [4.69, 9.17) is 0 Å². The van der Waals surface area contributed by atoms with Crippen molar-refractivity contribution in [3.63, 3.8) is 0 Å². The second-order valence-corrected chi connectivity index (χ2v) is 3.08. The summed E-state index contributed by atoms with van der Waals surface area (Å²) in [5, 5.41) is 18.2. The minimum absolute atomic E-state index is 0.0423. The van der Waals surface area contributed by atoms with E-state index in [2.05, 4.69) is 10.3 Å². The Morgan fingerprint density at radius 1 is 1.47 bits per heavy atom. The third-order valence-electron chi connectivity index (χ3n) is 1.91. The van der Waals surface area contributed by atoms with E-state index in [1.165, 1.54) is 16.8 Å². The number of aromatic nitrogens is 3. The number of nitro groups is 1. The lowest BCUT2D eigenvalue weighted by Gasteiger charge is -1.98. The summed E-state index contributed by atoms with van der Waals surface area (Å²) in [4.78, 5) is 10.1. The van der Waals surface area contributed by atoms with Crippen LogP contribution in [0.1, 0.15) is 5.69 Å². The van der Waals surface area contributed by atoms with Crippen molar-refractivity contribution < 1.29 is 4.92 Å². The molecule has 76 valence electrons. The van der Waals surface area contributed by atoms with E-state index < -0.39 is 4.92 Å². The first kappa shape index (κ1) is 9.32. The molecule has 0 saturated heterocycles. The molecule has 0 fully saturated rings. The van der Waals surface area contributed by atoms with Crippen molar-refractivity contribution in [3.05, 3.63) is 46.3 Å². The summed E-state index contributed by atoms with van der Waals surface area (Å²) in [6.07, 6.45) is 1.71. The van der Waals surface area contributed by atoms with Crippen LogP contribution < -0.4 is 0 Å².